The minimum absolute atomic E-state index is 0.0903. The molecule has 2 aromatic carbocycles. The predicted octanol–water partition coefficient (Wildman–Crippen LogP) is 2.41. The van der Waals surface area contributed by atoms with Gasteiger partial charge >= 0.3 is 0 Å². The molecule has 0 spiro atoms. The summed E-state index contributed by atoms with van der Waals surface area (Å²) in [5.74, 6) is -0.587. The highest BCUT2D eigenvalue weighted by atomic mass is 16.3. The first-order valence-electron chi connectivity index (χ1n) is 6.86. The van der Waals surface area contributed by atoms with Gasteiger partial charge in [0.25, 0.3) is 11.8 Å². The van der Waals surface area contributed by atoms with E-state index < -0.39 is 6.04 Å². The van der Waals surface area contributed by atoms with Crippen molar-refractivity contribution in [3.05, 3.63) is 71.3 Å². The third-order valence-electron chi connectivity index (χ3n) is 3.72. The number of amides is 2. The molecule has 2 aromatic rings. The average Bonchev–Trinajstić information content (AvgIpc) is 2.78. The van der Waals surface area contributed by atoms with E-state index >= 15 is 0 Å². The lowest BCUT2D eigenvalue weighted by Crippen LogP contribution is -2.34. The van der Waals surface area contributed by atoms with E-state index in [1.807, 2.05) is 30.3 Å². The Labute approximate surface area is 122 Å². The van der Waals surface area contributed by atoms with E-state index in [9.17, 15) is 14.7 Å². The maximum atomic E-state index is 12.5. The normalized spacial score (nSPS) is 15.2. The van der Waals surface area contributed by atoms with Gasteiger partial charge in [-0.1, -0.05) is 42.5 Å². The number of imide groups is 1. The number of rotatable bonds is 4. The Kier molecular flexibility index (Phi) is 3.54. The smallest absolute Gasteiger partial charge is 0.262 e. The zero-order valence-corrected chi connectivity index (χ0v) is 11.4. The molecule has 21 heavy (non-hydrogen) atoms. The van der Waals surface area contributed by atoms with Gasteiger partial charge in [0.05, 0.1) is 17.2 Å². The number of nitrogens with zero attached hydrogens (tertiary/aromatic N) is 1. The molecule has 1 N–H and O–H groups in total. The van der Waals surface area contributed by atoms with Crippen molar-refractivity contribution in [3.63, 3.8) is 0 Å². The summed E-state index contributed by atoms with van der Waals surface area (Å²) in [6.07, 6.45) is 0.329. The maximum absolute atomic E-state index is 12.5. The lowest BCUT2D eigenvalue weighted by molar-refractivity contribution is 0.0558. The minimum Gasteiger partial charge on any atom is -0.396 e. The van der Waals surface area contributed by atoms with Crippen LogP contribution in [0.25, 0.3) is 0 Å². The van der Waals surface area contributed by atoms with E-state index in [2.05, 4.69) is 0 Å². The average molecular weight is 281 g/mol. The summed E-state index contributed by atoms with van der Waals surface area (Å²) < 4.78 is 0. The fourth-order valence-electron chi connectivity index (χ4n) is 2.73. The number of hydrogen-bond donors (Lipinski definition) is 1. The van der Waals surface area contributed by atoms with Crippen LogP contribution in [0.4, 0.5) is 0 Å². The molecule has 1 atom stereocenters. The fraction of sp³-hybridized carbons (Fsp3) is 0.176. The molecule has 106 valence electrons. The Morgan fingerprint density at radius 2 is 1.38 bits per heavy atom. The van der Waals surface area contributed by atoms with E-state index in [1.54, 1.807) is 24.3 Å². The first-order chi connectivity index (χ1) is 10.2. The lowest BCUT2D eigenvalue weighted by atomic mass is 10.0. The van der Waals surface area contributed by atoms with Crippen LogP contribution < -0.4 is 0 Å². The topological polar surface area (TPSA) is 57.6 Å². The zero-order chi connectivity index (χ0) is 14.8. The van der Waals surface area contributed by atoms with Crippen molar-refractivity contribution in [2.45, 2.75) is 12.5 Å². The van der Waals surface area contributed by atoms with Crippen molar-refractivity contribution < 1.29 is 14.7 Å². The Balaban J connectivity index is 2.02. The van der Waals surface area contributed by atoms with Gasteiger partial charge in [0.15, 0.2) is 0 Å². The van der Waals surface area contributed by atoms with Gasteiger partial charge in [0, 0.05) is 6.61 Å². The van der Waals surface area contributed by atoms with Gasteiger partial charge in [-0.25, -0.2) is 0 Å². The molecule has 2 amide bonds. The second-order valence-corrected chi connectivity index (χ2v) is 4.96. The van der Waals surface area contributed by atoms with E-state index in [4.69, 9.17) is 0 Å². The van der Waals surface area contributed by atoms with Gasteiger partial charge in [-0.15, -0.1) is 0 Å². The summed E-state index contributed by atoms with van der Waals surface area (Å²) in [5, 5.41) is 9.30. The molecule has 1 aliphatic rings. The first kappa shape index (κ1) is 13.5. The van der Waals surface area contributed by atoms with Crippen molar-refractivity contribution in [3.8, 4) is 0 Å². The van der Waals surface area contributed by atoms with Crippen LogP contribution >= 0.6 is 0 Å². The highest BCUT2D eigenvalue weighted by Gasteiger charge is 2.39. The first-order valence-corrected chi connectivity index (χ1v) is 6.86. The fourth-order valence-corrected chi connectivity index (χ4v) is 2.73. The van der Waals surface area contributed by atoms with E-state index in [0.717, 1.165) is 5.56 Å². The number of benzene rings is 2. The molecule has 4 nitrogen and oxygen atoms in total. The minimum atomic E-state index is -0.441. The Bertz CT molecular complexity index is 646. The van der Waals surface area contributed by atoms with Gasteiger partial charge in [-0.3, -0.25) is 14.5 Å². The molecule has 0 unspecified atom stereocenters. The molecule has 0 radical (unpaired) electrons. The van der Waals surface area contributed by atoms with Crippen molar-refractivity contribution >= 4 is 11.8 Å². The Hall–Kier alpha value is -2.46. The Morgan fingerprint density at radius 1 is 0.857 bits per heavy atom. The third kappa shape index (κ3) is 2.23. The van der Waals surface area contributed by atoms with Crippen LogP contribution in [0.3, 0.4) is 0 Å². The van der Waals surface area contributed by atoms with Crippen LogP contribution in [0.2, 0.25) is 0 Å². The Morgan fingerprint density at radius 3 is 1.90 bits per heavy atom. The van der Waals surface area contributed by atoms with Crippen molar-refractivity contribution in [1.82, 2.24) is 4.90 Å². The highest BCUT2D eigenvalue weighted by Crippen LogP contribution is 2.33. The number of hydrogen-bond acceptors (Lipinski definition) is 3. The van der Waals surface area contributed by atoms with Crippen LogP contribution in [0.5, 0.6) is 0 Å². The van der Waals surface area contributed by atoms with Crippen molar-refractivity contribution in [2.24, 2.45) is 0 Å². The molecule has 0 saturated heterocycles. The quantitative estimate of drug-likeness (QED) is 0.875. The number of carbonyl (C=O) groups excluding carboxylic acids is 2. The summed E-state index contributed by atoms with van der Waals surface area (Å²) in [6, 6.07) is 15.7. The molecule has 0 saturated carbocycles. The van der Waals surface area contributed by atoms with Gasteiger partial charge < -0.3 is 5.11 Å². The van der Waals surface area contributed by atoms with Gasteiger partial charge in [0.1, 0.15) is 0 Å². The molecule has 1 aliphatic heterocycles. The number of fused-ring (bicyclic) bond motifs is 1. The van der Waals surface area contributed by atoms with Gasteiger partial charge in [-0.05, 0) is 24.1 Å². The SMILES string of the molecule is O=C1c2ccccc2C(=O)N1[C@@H](CCO)c1ccccc1. The largest absolute Gasteiger partial charge is 0.396 e. The van der Waals surface area contributed by atoms with Crippen LogP contribution in [-0.2, 0) is 0 Å². The predicted molar refractivity (Wildman–Crippen MR) is 77.8 cm³/mol. The van der Waals surface area contributed by atoms with Gasteiger partial charge in [-0.2, -0.15) is 0 Å². The second kappa shape index (κ2) is 5.50. The van der Waals surface area contributed by atoms with E-state index in [0.29, 0.717) is 17.5 Å². The number of aliphatic hydroxyl groups is 1. The van der Waals surface area contributed by atoms with E-state index in [1.165, 1.54) is 4.90 Å². The molecular weight excluding hydrogens is 266 g/mol. The molecular formula is C17H15NO3. The summed E-state index contributed by atoms with van der Waals surface area (Å²) in [7, 11) is 0. The summed E-state index contributed by atoms with van der Waals surface area (Å²) in [4.78, 5) is 26.3. The molecule has 0 aromatic heterocycles. The third-order valence-corrected chi connectivity index (χ3v) is 3.72. The molecule has 4 heteroatoms. The van der Waals surface area contributed by atoms with E-state index in [-0.39, 0.29) is 18.4 Å². The summed E-state index contributed by atoms with van der Waals surface area (Å²) in [6.45, 7) is -0.0903. The van der Waals surface area contributed by atoms with Crippen LogP contribution in [0, 0.1) is 0 Å². The molecule has 1 heterocycles. The lowest BCUT2D eigenvalue weighted by Gasteiger charge is -2.26. The highest BCUT2D eigenvalue weighted by molar-refractivity contribution is 6.21. The molecule has 3 rings (SSSR count). The number of aliphatic hydroxyl groups excluding tert-OH is 1. The number of carbonyl (C=O) groups is 2. The summed E-state index contributed by atoms with van der Waals surface area (Å²) >= 11 is 0. The van der Waals surface area contributed by atoms with Crippen molar-refractivity contribution in [2.75, 3.05) is 6.61 Å². The van der Waals surface area contributed by atoms with Crippen LogP contribution in [0.1, 0.15) is 38.7 Å². The van der Waals surface area contributed by atoms with Crippen molar-refractivity contribution in [1.29, 1.82) is 0 Å². The van der Waals surface area contributed by atoms with Gasteiger partial charge in [0.2, 0.25) is 0 Å². The molecule has 0 aliphatic carbocycles. The second-order valence-electron chi connectivity index (χ2n) is 4.96. The standard InChI is InChI=1S/C17H15NO3/c19-11-10-15(12-6-2-1-3-7-12)18-16(20)13-8-4-5-9-14(13)17(18)21/h1-9,15,19H,10-11H2/t15-/m0/s1. The molecule has 0 fully saturated rings. The summed E-state index contributed by atoms with van der Waals surface area (Å²) in [5.41, 5.74) is 1.71. The zero-order valence-electron chi connectivity index (χ0n) is 11.4. The van der Waals surface area contributed by atoms with Crippen LogP contribution in [-0.4, -0.2) is 28.4 Å². The maximum Gasteiger partial charge on any atom is 0.262 e. The van der Waals surface area contributed by atoms with Crippen LogP contribution in [0.15, 0.2) is 54.6 Å². The monoisotopic (exact) mass is 281 g/mol. The molecule has 0 bridgehead atoms.